The van der Waals surface area contributed by atoms with Gasteiger partial charge in [0.1, 0.15) is 6.61 Å². The molecule has 8 nitrogen and oxygen atoms in total. The molecule has 1 fully saturated rings. The highest BCUT2D eigenvalue weighted by atomic mass is 79.9. The van der Waals surface area contributed by atoms with E-state index in [0.29, 0.717) is 38.3 Å². The Bertz CT molecular complexity index is 1310. The second-order valence-corrected chi connectivity index (χ2v) is 8.94. The van der Waals surface area contributed by atoms with Gasteiger partial charge in [0, 0.05) is 12.1 Å². The number of nitro benzene ring substituents is 1. The first-order chi connectivity index (χ1) is 16.4. The third kappa shape index (κ3) is 5.64. The molecule has 1 saturated heterocycles. The van der Waals surface area contributed by atoms with Crippen molar-refractivity contribution in [3.05, 3.63) is 97.3 Å². The summed E-state index contributed by atoms with van der Waals surface area (Å²) in [6.07, 6.45) is 1.73. The van der Waals surface area contributed by atoms with Crippen LogP contribution in [0.2, 0.25) is 0 Å². The molecule has 0 spiro atoms. The molecule has 172 valence electrons. The van der Waals surface area contributed by atoms with Gasteiger partial charge in [0.05, 0.1) is 27.1 Å². The molecule has 0 unspecified atom stereocenters. The molecule has 0 aliphatic carbocycles. The van der Waals surface area contributed by atoms with Crippen molar-refractivity contribution in [2.45, 2.75) is 6.61 Å². The minimum Gasteiger partial charge on any atom is -0.493 e. The Morgan fingerprint density at radius 1 is 1.12 bits per heavy atom. The molecule has 1 heterocycles. The predicted octanol–water partition coefficient (Wildman–Crippen LogP) is 5.84. The number of ether oxygens (including phenoxy) is 2. The Balaban J connectivity index is 1.50. The van der Waals surface area contributed by atoms with E-state index >= 15 is 0 Å². The molecule has 3 aromatic rings. The van der Waals surface area contributed by atoms with E-state index in [1.54, 1.807) is 25.3 Å². The topological polar surface area (TPSA) is 103 Å². The smallest absolute Gasteiger partial charge is 0.270 e. The zero-order valence-corrected chi connectivity index (χ0v) is 20.3. The molecule has 0 aromatic heterocycles. The maximum absolute atomic E-state index is 12.5. The summed E-state index contributed by atoms with van der Waals surface area (Å²) in [7, 11) is 1.56. The van der Waals surface area contributed by atoms with Crippen LogP contribution in [0, 0.1) is 10.1 Å². The second-order valence-electron chi connectivity index (χ2n) is 7.06. The van der Waals surface area contributed by atoms with Gasteiger partial charge in [-0.25, -0.2) is 4.99 Å². The Labute approximate surface area is 208 Å². The minimum atomic E-state index is -0.485. The second kappa shape index (κ2) is 10.5. The molecule has 0 atom stereocenters. The van der Waals surface area contributed by atoms with E-state index in [-0.39, 0.29) is 11.6 Å². The van der Waals surface area contributed by atoms with Crippen LogP contribution in [0.25, 0.3) is 6.08 Å². The number of hydrogen-bond acceptors (Lipinski definition) is 7. The Hall–Kier alpha value is -3.63. The van der Waals surface area contributed by atoms with Gasteiger partial charge in [-0.3, -0.25) is 14.9 Å². The van der Waals surface area contributed by atoms with E-state index in [2.05, 4.69) is 26.2 Å². The Kier molecular flexibility index (Phi) is 7.29. The number of carbonyl (C=O) groups is 1. The number of nitrogens with zero attached hydrogens (tertiary/aromatic N) is 2. The molecule has 0 saturated carbocycles. The van der Waals surface area contributed by atoms with Gasteiger partial charge in [0.15, 0.2) is 16.7 Å². The maximum Gasteiger partial charge on any atom is 0.270 e. The number of amidine groups is 1. The van der Waals surface area contributed by atoms with Gasteiger partial charge in [0.25, 0.3) is 11.6 Å². The summed E-state index contributed by atoms with van der Waals surface area (Å²) in [5.74, 6) is 0.866. The lowest BCUT2D eigenvalue weighted by atomic mass is 10.2. The molecule has 0 radical (unpaired) electrons. The van der Waals surface area contributed by atoms with Crippen LogP contribution in [-0.2, 0) is 11.4 Å². The predicted molar refractivity (Wildman–Crippen MR) is 135 cm³/mol. The van der Waals surface area contributed by atoms with Crippen LogP contribution in [0.3, 0.4) is 0 Å². The lowest BCUT2D eigenvalue weighted by Gasteiger charge is -2.11. The van der Waals surface area contributed by atoms with Crippen LogP contribution >= 0.6 is 27.7 Å². The minimum absolute atomic E-state index is 0.0512. The highest BCUT2D eigenvalue weighted by molar-refractivity contribution is 9.10. The van der Waals surface area contributed by atoms with E-state index in [1.165, 1.54) is 30.0 Å². The van der Waals surface area contributed by atoms with Crippen LogP contribution in [0.15, 0.2) is 81.1 Å². The third-order valence-electron chi connectivity index (χ3n) is 4.74. The molecule has 4 rings (SSSR count). The summed E-state index contributed by atoms with van der Waals surface area (Å²) in [4.78, 5) is 27.7. The number of thioether (sulfide) groups is 1. The Morgan fingerprint density at radius 2 is 1.91 bits per heavy atom. The maximum atomic E-state index is 12.5. The van der Waals surface area contributed by atoms with Crippen LogP contribution in [0.1, 0.15) is 11.1 Å². The number of aliphatic imine (C=N–C) groups is 1. The van der Waals surface area contributed by atoms with Crippen LogP contribution in [0.4, 0.5) is 11.4 Å². The number of benzene rings is 3. The lowest BCUT2D eigenvalue weighted by molar-refractivity contribution is -0.384. The van der Waals surface area contributed by atoms with Crippen molar-refractivity contribution in [1.82, 2.24) is 5.32 Å². The van der Waals surface area contributed by atoms with Crippen LogP contribution < -0.4 is 14.8 Å². The molecule has 1 aliphatic heterocycles. The molecular weight excluding hydrogens is 522 g/mol. The fourth-order valence-electron chi connectivity index (χ4n) is 3.07. The van der Waals surface area contributed by atoms with Crippen molar-refractivity contribution in [3.8, 4) is 11.5 Å². The molecule has 1 amide bonds. The molecule has 3 aromatic carbocycles. The number of methoxy groups -OCH3 is 1. The van der Waals surface area contributed by atoms with E-state index in [4.69, 9.17) is 9.47 Å². The van der Waals surface area contributed by atoms with Gasteiger partial charge >= 0.3 is 0 Å². The molecule has 0 bridgehead atoms. The third-order valence-corrected chi connectivity index (χ3v) is 6.28. The fraction of sp³-hybridized carbons (Fsp3) is 0.0833. The zero-order valence-electron chi connectivity index (χ0n) is 17.9. The highest BCUT2D eigenvalue weighted by Gasteiger charge is 2.24. The zero-order chi connectivity index (χ0) is 24.1. The van der Waals surface area contributed by atoms with E-state index in [9.17, 15) is 14.9 Å². The van der Waals surface area contributed by atoms with Gasteiger partial charge in [-0.15, -0.1) is 0 Å². The average Bonchev–Trinajstić information content (AvgIpc) is 3.18. The number of amides is 1. The number of carbonyl (C=O) groups excluding carboxylic acids is 1. The highest BCUT2D eigenvalue weighted by Crippen LogP contribution is 2.34. The van der Waals surface area contributed by atoms with Gasteiger partial charge < -0.3 is 14.8 Å². The van der Waals surface area contributed by atoms with Crippen molar-refractivity contribution in [2.24, 2.45) is 4.99 Å². The van der Waals surface area contributed by atoms with Gasteiger partial charge in [-0.2, -0.15) is 0 Å². The number of non-ortho nitro benzene ring substituents is 1. The van der Waals surface area contributed by atoms with Crippen molar-refractivity contribution in [2.75, 3.05) is 7.11 Å². The van der Waals surface area contributed by atoms with Crippen molar-refractivity contribution >= 4 is 56.2 Å². The monoisotopic (exact) mass is 539 g/mol. The summed E-state index contributed by atoms with van der Waals surface area (Å²) in [5, 5.41) is 14.0. The normalized spacial score (nSPS) is 15.4. The molecule has 1 aliphatic rings. The molecule has 1 N–H and O–H groups in total. The number of nitrogens with one attached hydrogen (secondary N) is 1. The number of rotatable bonds is 7. The summed E-state index contributed by atoms with van der Waals surface area (Å²) in [6, 6.07) is 19.5. The van der Waals surface area contributed by atoms with Crippen LogP contribution in [0.5, 0.6) is 11.5 Å². The number of nitro groups is 1. The van der Waals surface area contributed by atoms with Crippen molar-refractivity contribution in [1.29, 1.82) is 0 Å². The largest absolute Gasteiger partial charge is 0.493 e. The fourth-order valence-corrected chi connectivity index (χ4v) is 4.36. The van der Waals surface area contributed by atoms with Crippen LogP contribution in [-0.4, -0.2) is 23.1 Å². The number of halogens is 1. The first-order valence-electron chi connectivity index (χ1n) is 10.0. The SMILES string of the molecule is COc1cc(/C=C2/SC(=Nc3ccc([N+](=O)[O-])cc3Br)NC2=O)ccc1OCc1ccccc1. The van der Waals surface area contributed by atoms with E-state index in [0.717, 1.165) is 11.1 Å². The number of hydrogen-bond donors (Lipinski definition) is 1. The van der Waals surface area contributed by atoms with Crippen molar-refractivity contribution < 1.29 is 19.2 Å². The van der Waals surface area contributed by atoms with Gasteiger partial charge in [-0.05, 0) is 63.1 Å². The summed E-state index contributed by atoms with van der Waals surface area (Å²) in [5.41, 5.74) is 2.22. The first kappa shape index (κ1) is 23.5. The van der Waals surface area contributed by atoms with Crippen molar-refractivity contribution in [3.63, 3.8) is 0 Å². The lowest BCUT2D eigenvalue weighted by Crippen LogP contribution is -2.19. The Morgan fingerprint density at radius 3 is 2.62 bits per heavy atom. The average molecular weight is 540 g/mol. The first-order valence-corrected chi connectivity index (χ1v) is 11.6. The summed E-state index contributed by atoms with van der Waals surface area (Å²) >= 11 is 4.46. The van der Waals surface area contributed by atoms with E-state index in [1.807, 2.05) is 36.4 Å². The van der Waals surface area contributed by atoms with Gasteiger partial charge in [0.2, 0.25) is 0 Å². The summed E-state index contributed by atoms with van der Waals surface area (Å²) in [6.45, 7) is 0.411. The molecule has 34 heavy (non-hydrogen) atoms. The molecular formula is C24H18BrN3O5S. The van der Waals surface area contributed by atoms with E-state index < -0.39 is 4.92 Å². The standard InChI is InChI=1S/C24H18BrN3O5S/c1-32-21-11-16(7-10-20(21)33-14-15-5-3-2-4-6-15)12-22-23(29)27-24(34-22)26-19-9-8-17(28(30)31)13-18(19)25/h2-13H,14H2,1H3,(H,26,27,29)/b22-12+. The van der Waals surface area contributed by atoms with Gasteiger partial charge in [-0.1, -0.05) is 36.4 Å². The molecule has 10 heteroatoms. The summed E-state index contributed by atoms with van der Waals surface area (Å²) < 4.78 is 11.8. The quantitative estimate of drug-likeness (QED) is 0.230.